The highest BCUT2D eigenvalue weighted by atomic mass is 16.4. The Kier molecular flexibility index (Phi) is 5.44. The molecule has 0 saturated heterocycles. The molecule has 0 aliphatic carbocycles. The summed E-state index contributed by atoms with van der Waals surface area (Å²) in [5.41, 5.74) is 4.86. The molecule has 0 radical (unpaired) electrons. The second-order valence-corrected chi connectivity index (χ2v) is 8.40. The first-order valence-corrected chi connectivity index (χ1v) is 10.5. The molecular weight excluding hydrogens is 384 g/mol. The summed E-state index contributed by atoms with van der Waals surface area (Å²) in [6.45, 7) is 6.25. The van der Waals surface area contributed by atoms with Gasteiger partial charge in [0.05, 0.1) is 18.1 Å². The van der Waals surface area contributed by atoms with Gasteiger partial charge < -0.3 is 5.11 Å². The van der Waals surface area contributed by atoms with Crippen LogP contribution in [-0.2, 0) is 4.79 Å². The average Bonchev–Trinajstić information content (AvgIpc) is 2.76. The van der Waals surface area contributed by atoms with E-state index < -0.39 is 5.97 Å². The number of aliphatic carboxylic acids is 1. The first kappa shape index (κ1) is 20.6. The first-order chi connectivity index (χ1) is 14.9. The standard InChI is InChI=1S/C27H24N2O2/c1-16(2)18-6-8-22-20(13-28)7-9-23(25(22)11-18)26-15-29-14-21-5-4-19(12-24(21)26)17(3)10-27(30)31/h4-9,11-12,14-17H,10H2,1-3H3,(H,30,31). The predicted molar refractivity (Wildman–Crippen MR) is 124 cm³/mol. The molecule has 4 heteroatoms. The van der Waals surface area contributed by atoms with Crippen molar-refractivity contribution in [3.8, 4) is 17.2 Å². The lowest BCUT2D eigenvalue weighted by Crippen LogP contribution is -2.02. The van der Waals surface area contributed by atoms with E-state index in [1.165, 1.54) is 5.56 Å². The zero-order valence-electron chi connectivity index (χ0n) is 17.9. The third-order valence-corrected chi connectivity index (χ3v) is 5.95. The highest BCUT2D eigenvalue weighted by Crippen LogP contribution is 2.37. The van der Waals surface area contributed by atoms with Crippen LogP contribution in [0.25, 0.3) is 32.7 Å². The SMILES string of the molecule is CC(C)c1ccc2c(C#N)ccc(-c3cncc4ccc(C(C)CC(=O)O)cc34)c2c1. The molecule has 0 saturated carbocycles. The summed E-state index contributed by atoms with van der Waals surface area (Å²) in [5, 5.41) is 22.8. The van der Waals surface area contributed by atoms with Gasteiger partial charge >= 0.3 is 5.97 Å². The topological polar surface area (TPSA) is 74.0 Å². The van der Waals surface area contributed by atoms with Gasteiger partial charge in [0.2, 0.25) is 0 Å². The number of fused-ring (bicyclic) bond motifs is 2. The smallest absolute Gasteiger partial charge is 0.303 e. The van der Waals surface area contributed by atoms with Gasteiger partial charge in [0.15, 0.2) is 0 Å². The summed E-state index contributed by atoms with van der Waals surface area (Å²) in [4.78, 5) is 15.7. The lowest BCUT2D eigenvalue weighted by atomic mass is 9.89. The maximum atomic E-state index is 11.2. The maximum Gasteiger partial charge on any atom is 0.303 e. The van der Waals surface area contributed by atoms with Gasteiger partial charge in [-0.05, 0) is 45.4 Å². The molecule has 1 aromatic heterocycles. The Balaban J connectivity index is 1.99. The molecule has 0 spiro atoms. The Morgan fingerprint density at radius 3 is 2.39 bits per heavy atom. The molecule has 1 heterocycles. The second-order valence-electron chi connectivity index (χ2n) is 8.40. The van der Waals surface area contributed by atoms with Crippen molar-refractivity contribution in [2.75, 3.05) is 0 Å². The number of aromatic nitrogens is 1. The van der Waals surface area contributed by atoms with Crippen molar-refractivity contribution in [1.82, 2.24) is 4.98 Å². The monoisotopic (exact) mass is 408 g/mol. The van der Waals surface area contributed by atoms with Gasteiger partial charge in [-0.2, -0.15) is 5.26 Å². The van der Waals surface area contributed by atoms with Crippen LogP contribution in [0, 0.1) is 11.3 Å². The molecule has 1 atom stereocenters. The number of hydrogen-bond donors (Lipinski definition) is 1. The number of carbonyl (C=O) groups is 1. The molecule has 0 bridgehead atoms. The van der Waals surface area contributed by atoms with Gasteiger partial charge in [0, 0.05) is 28.7 Å². The molecule has 0 aliphatic rings. The average molecular weight is 409 g/mol. The van der Waals surface area contributed by atoms with Crippen molar-refractivity contribution in [1.29, 1.82) is 5.26 Å². The minimum atomic E-state index is -0.804. The van der Waals surface area contributed by atoms with Crippen molar-refractivity contribution in [2.45, 2.75) is 39.0 Å². The van der Waals surface area contributed by atoms with Gasteiger partial charge in [-0.3, -0.25) is 9.78 Å². The molecule has 1 unspecified atom stereocenters. The molecule has 4 nitrogen and oxygen atoms in total. The number of nitrogens with zero attached hydrogens (tertiary/aromatic N) is 2. The van der Waals surface area contributed by atoms with Crippen LogP contribution in [0.3, 0.4) is 0 Å². The Labute approximate surface area is 181 Å². The van der Waals surface area contributed by atoms with Crippen LogP contribution in [-0.4, -0.2) is 16.1 Å². The van der Waals surface area contributed by atoms with Crippen molar-refractivity contribution in [3.63, 3.8) is 0 Å². The van der Waals surface area contributed by atoms with Gasteiger partial charge in [0.1, 0.15) is 0 Å². The van der Waals surface area contributed by atoms with Crippen LogP contribution in [0.2, 0.25) is 0 Å². The molecule has 154 valence electrons. The third-order valence-electron chi connectivity index (χ3n) is 5.95. The van der Waals surface area contributed by atoms with Gasteiger partial charge in [-0.15, -0.1) is 0 Å². The number of hydrogen-bond acceptors (Lipinski definition) is 3. The fraction of sp³-hybridized carbons (Fsp3) is 0.222. The van der Waals surface area contributed by atoms with E-state index in [-0.39, 0.29) is 12.3 Å². The highest BCUT2D eigenvalue weighted by molar-refractivity contribution is 6.06. The number of rotatable bonds is 5. The van der Waals surface area contributed by atoms with Crippen LogP contribution in [0.5, 0.6) is 0 Å². The Hall–Kier alpha value is -3.71. The van der Waals surface area contributed by atoms with E-state index in [1.807, 2.05) is 49.6 Å². The minimum absolute atomic E-state index is 0.0868. The molecule has 4 rings (SSSR count). The number of pyridine rings is 1. The van der Waals surface area contributed by atoms with Crippen molar-refractivity contribution in [2.24, 2.45) is 0 Å². The van der Waals surface area contributed by atoms with E-state index in [4.69, 9.17) is 0 Å². The molecule has 31 heavy (non-hydrogen) atoms. The van der Waals surface area contributed by atoms with E-state index in [0.717, 1.165) is 38.2 Å². The third kappa shape index (κ3) is 3.87. The van der Waals surface area contributed by atoms with Gasteiger partial charge in [0.25, 0.3) is 0 Å². The van der Waals surface area contributed by atoms with E-state index in [2.05, 4.69) is 43.1 Å². The lowest BCUT2D eigenvalue weighted by molar-refractivity contribution is -0.137. The van der Waals surface area contributed by atoms with E-state index >= 15 is 0 Å². The number of carboxylic acid groups (broad SMARTS) is 1. The van der Waals surface area contributed by atoms with Crippen LogP contribution >= 0.6 is 0 Å². The molecule has 0 aliphatic heterocycles. The fourth-order valence-corrected chi connectivity index (χ4v) is 4.14. The zero-order valence-corrected chi connectivity index (χ0v) is 17.9. The largest absolute Gasteiger partial charge is 0.481 e. The summed E-state index contributed by atoms with van der Waals surface area (Å²) in [5.74, 6) is -0.521. The summed E-state index contributed by atoms with van der Waals surface area (Å²) >= 11 is 0. The second kappa shape index (κ2) is 8.20. The van der Waals surface area contributed by atoms with E-state index in [1.54, 1.807) is 0 Å². The van der Waals surface area contributed by atoms with Gasteiger partial charge in [-0.1, -0.05) is 63.2 Å². The quantitative estimate of drug-likeness (QED) is 0.402. The normalized spacial score (nSPS) is 12.2. The first-order valence-electron chi connectivity index (χ1n) is 10.5. The maximum absolute atomic E-state index is 11.2. The highest BCUT2D eigenvalue weighted by Gasteiger charge is 2.15. The van der Waals surface area contributed by atoms with E-state index in [9.17, 15) is 15.2 Å². The molecule has 1 N–H and O–H groups in total. The fourth-order valence-electron chi connectivity index (χ4n) is 4.14. The number of nitriles is 1. The van der Waals surface area contributed by atoms with E-state index in [0.29, 0.717) is 11.5 Å². The number of carboxylic acids is 1. The van der Waals surface area contributed by atoms with Crippen LogP contribution in [0.15, 0.2) is 60.9 Å². The Bertz CT molecular complexity index is 1350. The molecule has 4 aromatic rings. The number of benzene rings is 3. The Morgan fingerprint density at radius 2 is 1.68 bits per heavy atom. The van der Waals surface area contributed by atoms with Crippen molar-refractivity contribution in [3.05, 3.63) is 77.6 Å². The minimum Gasteiger partial charge on any atom is -0.481 e. The van der Waals surface area contributed by atoms with Crippen molar-refractivity contribution >= 4 is 27.5 Å². The molecule has 0 amide bonds. The summed E-state index contributed by atoms with van der Waals surface area (Å²) in [6, 6.07) is 18.5. The summed E-state index contributed by atoms with van der Waals surface area (Å²) in [6.07, 6.45) is 3.77. The molecule has 3 aromatic carbocycles. The summed E-state index contributed by atoms with van der Waals surface area (Å²) < 4.78 is 0. The van der Waals surface area contributed by atoms with Crippen LogP contribution < -0.4 is 0 Å². The zero-order chi connectivity index (χ0) is 22.1. The predicted octanol–water partition coefficient (Wildman–Crippen LogP) is 6.63. The van der Waals surface area contributed by atoms with Crippen molar-refractivity contribution < 1.29 is 9.90 Å². The molecular formula is C27H24N2O2. The Morgan fingerprint density at radius 1 is 0.935 bits per heavy atom. The lowest BCUT2D eigenvalue weighted by Gasteiger charge is -2.15. The van der Waals surface area contributed by atoms with Gasteiger partial charge in [-0.25, -0.2) is 0 Å². The summed E-state index contributed by atoms with van der Waals surface area (Å²) in [7, 11) is 0. The molecule has 0 fully saturated rings. The van der Waals surface area contributed by atoms with Crippen LogP contribution in [0.4, 0.5) is 0 Å². The van der Waals surface area contributed by atoms with Crippen LogP contribution in [0.1, 0.15) is 55.7 Å².